The van der Waals surface area contributed by atoms with Crippen molar-refractivity contribution in [2.24, 2.45) is 0 Å². The van der Waals surface area contributed by atoms with E-state index in [1.807, 2.05) is 23.1 Å². The van der Waals surface area contributed by atoms with Crippen molar-refractivity contribution in [3.63, 3.8) is 0 Å². The van der Waals surface area contributed by atoms with Crippen molar-refractivity contribution in [1.29, 1.82) is 0 Å². The highest BCUT2D eigenvalue weighted by Crippen LogP contribution is 2.41. The lowest BCUT2D eigenvalue weighted by molar-refractivity contribution is 0.165. The third-order valence-electron chi connectivity index (χ3n) is 3.39. The van der Waals surface area contributed by atoms with Crippen molar-refractivity contribution in [1.82, 2.24) is 5.32 Å². The Balaban J connectivity index is 1.88. The molecule has 0 spiro atoms. The highest BCUT2D eigenvalue weighted by atomic mass is 32.2. The van der Waals surface area contributed by atoms with Crippen LogP contribution in [-0.4, -0.2) is 29.0 Å². The maximum absolute atomic E-state index is 9.62. The lowest BCUT2D eigenvalue weighted by atomic mass is 9.99. The van der Waals surface area contributed by atoms with Gasteiger partial charge in [0.2, 0.25) is 0 Å². The van der Waals surface area contributed by atoms with Crippen molar-refractivity contribution in [2.45, 2.75) is 47.6 Å². The number of rotatable bonds is 6. The molecule has 0 amide bonds. The fourth-order valence-corrected chi connectivity index (χ4v) is 4.79. The molecule has 1 aromatic rings. The first-order chi connectivity index (χ1) is 8.28. The van der Waals surface area contributed by atoms with Crippen molar-refractivity contribution < 1.29 is 5.11 Å². The molecule has 0 bridgehead atoms. The van der Waals surface area contributed by atoms with Gasteiger partial charge in [-0.25, -0.2) is 0 Å². The molecule has 1 aliphatic carbocycles. The molecule has 1 fully saturated rings. The maximum Gasteiger partial charge on any atom is 0.0613 e. The Bertz CT molecular complexity index is 328. The van der Waals surface area contributed by atoms with Crippen LogP contribution in [0.4, 0.5) is 0 Å². The number of thiophene rings is 1. The minimum absolute atomic E-state index is 0.00899. The second-order valence-electron chi connectivity index (χ2n) is 4.78. The number of nitrogens with one attached hydrogen (secondary N) is 1. The lowest BCUT2D eigenvalue weighted by Crippen LogP contribution is -2.46. The summed E-state index contributed by atoms with van der Waals surface area (Å²) >= 11 is 3.79. The summed E-state index contributed by atoms with van der Waals surface area (Å²) in [6, 6.07) is 4.30. The molecular formula is C13H21NOS2. The van der Waals surface area contributed by atoms with Gasteiger partial charge in [-0.1, -0.05) is 13.0 Å². The highest BCUT2D eigenvalue weighted by Gasteiger charge is 2.38. The number of aliphatic hydroxyl groups excluding tert-OH is 1. The van der Waals surface area contributed by atoms with Gasteiger partial charge in [0.1, 0.15) is 0 Å². The van der Waals surface area contributed by atoms with Crippen LogP contribution in [0.1, 0.15) is 32.6 Å². The zero-order valence-electron chi connectivity index (χ0n) is 10.3. The van der Waals surface area contributed by atoms with Crippen LogP contribution in [0.2, 0.25) is 0 Å². The molecule has 4 heteroatoms. The summed E-state index contributed by atoms with van der Waals surface area (Å²) in [7, 11) is 0. The summed E-state index contributed by atoms with van der Waals surface area (Å²) in [5.74, 6) is 0. The van der Waals surface area contributed by atoms with E-state index in [2.05, 4.69) is 29.8 Å². The summed E-state index contributed by atoms with van der Waals surface area (Å²) in [6.07, 6.45) is 4.53. The fourth-order valence-electron chi connectivity index (χ4n) is 2.42. The number of thioether (sulfide) groups is 1. The number of aliphatic hydroxyl groups is 1. The van der Waals surface area contributed by atoms with Crippen LogP contribution in [-0.2, 0) is 0 Å². The van der Waals surface area contributed by atoms with Crippen LogP contribution in [0.15, 0.2) is 21.7 Å². The van der Waals surface area contributed by atoms with Gasteiger partial charge in [-0.05, 0) is 43.7 Å². The Kier molecular flexibility index (Phi) is 4.91. The second kappa shape index (κ2) is 6.23. The molecule has 17 heavy (non-hydrogen) atoms. The van der Waals surface area contributed by atoms with Crippen LogP contribution in [0, 0.1) is 0 Å². The van der Waals surface area contributed by atoms with Gasteiger partial charge in [0.25, 0.3) is 0 Å². The van der Waals surface area contributed by atoms with Crippen LogP contribution in [0.3, 0.4) is 0 Å². The molecule has 1 saturated carbocycles. The molecule has 0 saturated heterocycles. The molecule has 1 heterocycles. The van der Waals surface area contributed by atoms with Gasteiger partial charge >= 0.3 is 0 Å². The molecule has 2 rings (SSSR count). The van der Waals surface area contributed by atoms with Gasteiger partial charge in [-0.15, -0.1) is 23.1 Å². The number of hydrogen-bond donors (Lipinski definition) is 2. The topological polar surface area (TPSA) is 32.3 Å². The highest BCUT2D eigenvalue weighted by molar-refractivity contribution is 8.01. The summed E-state index contributed by atoms with van der Waals surface area (Å²) in [5.41, 5.74) is -0.00899. The third-order valence-corrected chi connectivity index (χ3v) is 5.74. The van der Waals surface area contributed by atoms with E-state index in [1.54, 1.807) is 0 Å². The van der Waals surface area contributed by atoms with Crippen molar-refractivity contribution in [3.8, 4) is 0 Å². The molecular weight excluding hydrogens is 250 g/mol. The first-order valence-corrected chi connectivity index (χ1v) is 8.10. The molecule has 1 aromatic heterocycles. The monoisotopic (exact) mass is 271 g/mol. The molecule has 1 aliphatic rings. The minimum atomic E-state index is -0.00899. The average Bonchev–Trinajstić information content (AvgIpc) is 2.98. The molecule has 96 valence electrons. The Morgan fingerprint density at radius 3 is 3.18 bits per heavy atom. The Morgan fingerprint density at radius 1 is 1.65 bits per heavy atom. The van der Waals surface area contributed by atoms with Crippen molar-refractivity contribution >= 4 is 23.1 Å². The lowest BCUT2D eigenvalue weighted by Gasteiger charge is -2.28. The molecule has 2 atom stereocenters. The van der Waals surface area contributed by atoms with E-state index in [9.17, 15) is 5.11 Å². The molecule has 2 unspecified atom stereocenters. The summed E-state index contributed by atoms with van der Waals surface area (Å²) in [6.45, 7) is 3.45. The molecule has 2 N–H and O–H groups in total. The van der Waals surface area contributed by atoms with Crippen LogP contribution >= 0.6 is 23.1 Å². The molecule has 0 aliphatic heterocycles. The van der Waals surface area contributed by atoms with Gasteiger partial charge in [-0.3, -0.25) is 0 Å². The minimum Gasteiger partial charge on any atom is -0.394 e. The van der Waals surface area contributed by atoms with E-state index in [4.69, 9.17) is 0 Å². The van der Waals surface area contributed by atoms with E-state index >= 15 is 0 Å². The summed E-state index contributed by atoms with van der Waals surface area (Å²) < 4.78 is 1.40. The third kappa shape index (κ3) is 3.47. The first-order valence-electron chi connectivity index (χ1n) is 6.34. The van der Waals surface area contributed by atoms with Gasteiger partial charge in [0, 0.05) is 10.8 Å². The number of hydrogen-bond acceptors (Lipinski definition) is 4. The summed E-state index contributed by atoms with van der Waals surface area (Å²) in [5, 5.41) is 16.0. The normalized spacial score (nSPS) is 28.7. The fraction of sp³-hybridized carbons (Fsp3) is 0.692. The first kappa shape index (κ1) is 13.4. The maximum atomic E-state index is 9.62. The van der Waals surface area contributed by atoms with Gasteiger partial charge in [0.15, 0.2) is 0 Å². The predicted molar refractivity (Wildman–Crippen MR) is 75.9 cm³/mol. The second-order valence-corrected chi connectivity index (χ2v) is 7.33. The van der Waals surface area contributed by atoms with Gasteiger partial charge < -0.3 is 10.4 Å². The molecule has 2 nitrogen and oxygen atoms in total. The van der Waals surface area contributed by atoms with E-state index in [1.165, 1.54) is 10.6 Å². The van der Waals surface area contributed by atoms with E-state index in [0.717, 1.165) is 25.8 Å². The largest absolute Gasteiger partial charge is 0.394 e. The Morgan fingerprint density at radius 2 is 2.53 bits per heavy atom. The van der Waals surface area contributed by atoms with Crippen LogP contribution in [0.25, 0.3) is 0 Å². The quantitative estimate of drug-likeness (QED) is 0.834. The smallest absolute Gasteiger partial charge is 0.0613 e. The van der Waals surface area contributed by atoms with Crippen LogP contribution < -0.4 is 5.32 Å². The Hall–Kier alpha value is -0.0300. The Labute approximate surface area is 112 Å². The molecule has 0 radical (unpaired) electrons. The van der Waals surface area contributed by atoms with Gasteiger partial charge in [0.05, 0.1) is 10.8 Å². The van der Waals surface area contributed by atoms with Crippen LogP contribution in [0.5, 0.6) is 0 Å². The zero-order chi connectivity index (χ0) is 12.1. The van der Waals surface area contributed by atoms with E-state index < -0.39 is 0 Å². The summed E-state index contributed by atoms with van der Waals surface area (Å²) in [4.78, 5) is 0. The van der Waals surface area contributed by atoms with E-state index in [0.29, 0.717) is 5.25 Å². The zero-order valence-corrected chi connectivity index (χ0v) is 11.9. The predicted octanol–water partition coefficient (Wildman–Crippen LogP) is 3.12. The van der Waals surface area contributed by atoms with Gasteiger partial charge in [-0.2, -0.15) is 0 Å². The molecule has 0 aromatic carbocycles. The SMILES string of the molecule is CCCNC1(CO)CCC(Sc2cccs2)C1. The standard InChI is InChI=1S/C13H21NOS2/c1-2-7-14-13(10-15)6-5-11(9-13)17-12-4-3-8-16-12/h3-4,8,11,14-15H,2,5-7,9-10H2,1H3. The van der Waals surface area contributed by atoms with Crippen molar-refractivity contribution in [2.75, 3.05) is 13.2 Å². The van der Waals surface area contributed by atoms with Crippen molar-refractivity contribution in [3.05, 3.63) is 17.5 Å². The van der Waals surface area contributed by atoms with E-state index in [-0.39, 0.29) is 12.1 Å². The average molecular weight is 271 g/mol.